The summed E-state index contributed by atoms with van der Waals surface area (Å²) >= 11 is 8.39. The van der Waals surface area contributed by atoms with Crippen molar-refractivity contribution in [2.45, 2.75) is 44.6 Å². The van der Waals surface area contributed by atoms with E-state index in [0.717, 1.165) is 27.7 Å². The fourth-order valence-electron chi connectivity index (χ4n) is 2.98. The van der Waals surface area contributed by atoms with Gasteiger partial charge in [0.15, 0.2) is 11.3 Å². The average Bonchev–Trinajstić information content (AvgIpc) is 3.01. The number of imidazole rings is 1. The molecule has 0 aliphatic heterocycles. The Morgan fingerprint density at radius 1 is 1.21 bits per heavy atom. The first-order valence-electron chi connectivity index (χ1n) is 9.37. The molecular weight excluding hydrogens is 394 g/mol. The smallest absolute Gasteiger partial charge is 0.356 e. The first kappa shape index (κ1) is 20.7. The SMILES string of the molecule is CCCCCSc1ccc(Cn2c(C)nc3ccc(C(=O)OC)nc32)c(Cl)c1. The summed E-state index contributed by atoms with van der Waals surface area (Å²) in [6.07, 6.45) is 3.70. The summed E-state index contributed by atoms with van der Waals surface area (Å²) in [6, 6.07) is 9.60. The van der Waals surface area contributed by atoms with Crippen LogP contribution in [-0.2, 0) is 11.3 Å². The van der Waals surface area contributed by atoms with Crippen LogP contribution in [0.4, 0.5) is 0 Å². The van der Waals surface area contributed by atoms with Crippen molar-refractivity contribution in [2.75, 3.05) is 12.9 Å². The Morgan fingerprint density at radius 2 is 2.04 bits per heavy atom. The minimum atomic E-state index is -0.463. The van der Waals surface area contributed by atoms with E-state index >= 15 is 0 Å². The lowest BCUT2D eigenvalue weighted by atomic mass is 10.2. The summed E-state index contributed by atoms with van der Waals surface area (Å²) in [4.78, 5) is 22.0. The molecule has 0 spiro atoms. The van der Waals surface area contributed by atoms with E-state index < -0.39 is 5.97 Å². The Hall–Kier alpha value is -2.05. The maximum Gasteiger partial charge on any atom is 0.356 e. The topological polar surface area (TPSA) is 57.0 Å². The van der Waals surface area contributed by atoms with Crippen molar-refractivity contribution in [3.63, 3.8) is 0 Å². The number of aryl methyl sites for hydroxylation is 1. The van der Waals surface area contributed by atoms with E-state index in [9.17, 15) is 4.79 Å². The zero-order chi connectivity index (χ0) is 20.1. The minimum Gasteiger partial charge on any atom is -0.464 e. The van der Waals surface area contributed by atoms with Crippen molar-refractivity contribution in [1.82, 2.24) is 14.5 Å². The van der Waals surface area contributed by atoms with Crippen LogP contribution >= 0.6 is 23.4 Å². The first-order valence-corrected chi connectivity index (χ1v) is 10.7. The molecule has 0 saturated heterocycles. The molecule has 0 aliphatic rings. The fraction of sp³-hybridized carbons (Fsp3) is 0.381. The number of pyridine rings is 1. The number of carbonyl (C=O) groups excluding carboxylic acids is 1. The number of ether oxygens (including phenoxy) is 1. The third-order valence-electron chi connectivity index (χ3n) is 4.55. The quantitative estimate of drug-likeness (QED) is 0.275. The van der Waals surface area contributed by atoms with Crippen LogP contribution in [0.2, 0.25) is 5.02 Å². The fourth-order valence-corrected chi connectivity index (χ4v) is 4.24. The van der Waals surface area contributed by atoms with Crippen LogP contribution in [0.3, 0.4) is 0 Å². The number of benzene rings is 1. The molecule has 0 radical (unpaired) electrons. The molecule has 7 heteroatoms. The molecule has 148 valence electrons. The molecule has 1 aromatic carbocycles. The number of rotatable bonds is 8. The monoisotopic (exact) mass is 417 g/mol. The van der Waals surface area contributed by atoms with Crippen LogP contribution in [-0.4, -0.2) is 33.4 Å². The van der Waals surface area contributed by atoms with Crippen LogP contribution in [0, 0.1) is 6.92 Å². The lowest BCUT2D eigenvalue weighted by Crippen LogP contribution is -2.07. The van der Waals surface area contributed by atoms with Gasteiger partial charge in [0.25, 0.3) is 0 Å². The second-order valence-corrected chi connectivity index (χ2v) is 8.16. The highest BCUT2D eigenvalue weighted by Gasteiger charge is 2.15. The van der Waals surface area contributed by atoms with E-state index in [2.05, 4.69) is 29.0 Å². The lowest BCUT2D eigenvalue weighted by Gasteiger charge is -2.10. The van der Waals surface area contributed by atoms with Gasteiger partial charge in [0.1, 0.15) is 11.3 Å². The maximum absolute atomic E-state index is 11.8. The highest BCUT2D eigenvalue weighted by atomic mass is 35.5. The minimum absolute atomic E-state index is 0.265. The molecule has 0 bridgehead atoms. The molecule has 0 fully saturated rings. The number of halogens is 1. The molecule has 28 heavy (non-hydrogen) atoms. The van der Waals surface area contributed by atoms with Crippen molar-refractivity contribution in [2.24, 2.45) is 0 Å². The standard InChI is InChI=1S/C21H24ClN3O2S/c1-4-5-6-11-28-16-8-7-15(17(22)12-16)13-25-14(2)23-18-9-10-19(21(26)27-3)24-20(18)25/h7-10,12H,4-6,11,13H2,1-3H3. The van der Waals surface area contributed by atoms with Gasteiger partial charge in [-0.3, -0.25) is 0 Å². The zero-order valence-corrected chi connectivity index (χ0v) is 17.9. The summed E-state index contributed by atoms with van der Waals surface area (Å²) in [5.74, 6) is 1.46. The van der Waals surface area contributed by atoms with Crippen molar-refractivity contribution >= 4 is 40.5 Å². The van der Waals surface area contributed by atoms with E-state index in [-0.39, 0.29) is 5.69 Å². The van der Waals surface area contributed by atoms with E-state index in [1.165, 1.54) is 31.3 Å². The van der Waals surface area contributed by atoms with Crippen molar-refractivity contribution in [1.29, 1.82) is 0 Å². The number of thioether (sulfide) groups is 1. The molecule has 0 atom stereocenters. The molecule has 3 aromatic rings. The molecule has 0 amide bonds. The summed E-state index contributed by atoms with van der Waals surface area (Å²) in [5, 5.41) is 0.728. The number of esters is 1. The highest BCUT2D eigenvalue weighted by Crippen LogP contribution is 2.27. The van der Waals surface area contributed by atoms with Gasteiger partial charge in [0, 0.05) is 9.92 Å². The van der Waals surface area contributed by atoms with Crippen LogP contribution in [0.25, 0.3) is 11.2 Å². The molecule has 0 unspecified atom stereocenters. The van der Waals surface area contributed by atoms with Gasteiger partial charge >= 0.3 is 5.97 Å². The predicted octanol–water partition coefficient (Wildman–Crippen LogP) is 5.51. The number of fused-ring (bicyclic) bond motifs is 1. The number of hydrogen-bond acceptors (Lipinski definition) is 5. The number of unbranched alkanes of at least 4 members (excludes halogenated alkanes) is 2. The van der Waals surface area contributed by atoms with Gasteiger partial charge in [0.05, 0.1) is 13.7 Å². The zero-order valence-electron chi connectivity index (χ0n) is 16.4. The van der Waals surface area contributed by atoms with Crippen molar-refractivity contribution < 1.29 is 9.53 Å². The number of nitrogens with zero attached hydrogens (tertiary/aromatic N) is 3. The average molecular weight is 418 g/mol. The van der Waals surface area contributed by atoms with Gasteiger partial charge in [-0.05, 0) is 48.9 Å². The third-order valence-corrected chi connectivity index (χ3v) is 5.98. The van der Waals surface area contributed by atoms with Crippen LogP contribution in [0.1, 0.15) is 48.1 Å². The number of hydrogen-bond donors (Lipinski definition) is 0. The molecule has 0 N–H and O–H groups in total. The van der Waals surface area contributed by atoms with Gasteiger partial charge in [-0.2, -0.15) is 0 Å². The second-order valence-electron chi connectivity index (χ2n) is 6.58. The van der Waals surface area contributed by atoms with Gasteiger partial charge < -0.3 is 9.30 Å². The van der Waals surface area contributed by atoms with Gasteiger partial charge in [-0.25, -0.2) is 14.8 Å². The van der Waals surface area contributed by atoms with Crippen molar-refractivity contribution in [3.8, 4) is 0 Å². The van der Waals surface area contributed by atoms with Crippen LogP contribution in [0.5, 0.6) is 0 Å². The van der Waals surface area contributed by atoms with E-state index in [0.29, 0.717) is 12.2 Å². The second kappa shape index (κ2) is 9.43. The molecule has 0 saturated carbocycles. The molecular formula is C21H24ClN3O2S. The molecule has 2 heterocycles. The normalized spacial score (nSPS) is 11.1. The summed E-state index contributed by atoms with van der Waals surface area (Å²) in [5.41, 5.74) is 2.65. The number of carbonyl (C=O) groups is 1. The number of aromatic nitrogens is 3. The van der Waals surface area contributed by atoms with Gasteiger partial charge in [0.2, 0.25) is 0 Å². The largest absolute Gasteiger partial charge is 0.464 e. The lowest BCUT2D eigenvalue weighted by molar-refractivity contribution is 0.0594. The Balaban J connectivity index is 1.83. The highest BCUT2D eigenvalue weighted by molar-refractivity contribution is 7.99. The molecule has 5 nitrogen and oxygen atoms in total. The van der Waals surface area contributed by atoms with E-state index in [4.69, 9.17) is 16.3 Å². The Bertz CT molecular complexity index is 987. The Labute approximate surface area is 174 Å². The molecule has 3 rings (SSSR count). The summed E-state index contributed by atoms with van der Waals surface area (Å²) in [6.45, 7) is 4.67. The number of methoxy groups -OCH3 is 1. The van der Waals surface area contributed by atoms with Gasteiger partial charge in [-0.1, -0.05) is 37.4 Å². The first-order chi connectivity index (χ1) is 13.5. The van der Waals surface area contributed by atoms with E-state index in [1.807, 2.05) is 29.3 Å². The van der Waals surface area contributed by atoms with Crippen LogP contribution < -0.4 is 0 Å². The van der Waals surface area contributed by atoms with Gasteiger partial charge in [-0.15, -0.1) is 11.8 Å². The molecule has 2 aromatic heterocycles. The maximum atomic E-state index is 11.8. The van der Waals surface area contributed by atoms with E-state index in [1.54, 1.807) is 12.1 Å². The summed E-state index contributed by atoms with van der Waals surface area (Å²) < 4.78 is 6.74. The van der Waals surface area contributed by atoms with Crippen LogP contribution in [0.15, 0.2) is 35.2 Å². The van der Waals surface area contributed by atoms with Crippen molar-refractivity contribution in [3.05, 3.63) is 52.4 Å². The Morgan fingerprint density at radius 3 is 2.75 bits per heavy atom. The predicted molar refractivity (Wildman–Crippen MR) is 114 cm³/mol. The summed E-state index contributed by atoms with van der Waals surface area (Å²) in [7, 11) is 1.35. The molecule has 0 aliphatic carbocycles. The third kappa shape index (κ3) is 4.67. The Kier molecular flexibility index (Phi) is 6.97.